The van der Waals surface area contributed by atoms with Gasteiger partial charge in [-0.2, -0.15) is 5.26 Å². The Morgan fingerprint density at radius 1 is 1.28 bits per heavy atom. The van der Waals surface area contributed by atoms with Gasteiger partial charge in [-0.3, -0.25) is 9.78 Å². The highest BCUT2D eigenvalue weighted by atomic mass is 16.5. The van der Waals surface area contributed by atoms with E-state index in [-0.39, 0.29) is 11.5 Å². The molecule has 0 spiro atoms. The van der Waals surface area contributed by atoms with Crippen molar-refractivity contribution < 1.29 is 14.3 Å². The third-order valence-corrected chi connectivity index (χ3v) is 4.20. The summed E-state index contributed by atoms with van der Waals surface area (Å²) in [5, 5.41) is 12.1. The van der Waals surface area contributed by atoms with E-state index in [4.69, 9.17) is 9.47 Å². The molecule has 0 bridgehead atoms. The first-order chi connectivity index (χ1) is 14.0. The molecule has 1 aromatic heterocycles. The van der Waals surface area contributed by atoms with E-state index in [1.807, 2.05) is 57.2 Å². The monoisotopic (exact) mass is 393 g/mol. The van der Waals surface area contributed by atoms with E-state index < -0.39 is 0 Å². The third kappa shape index (κ3) is 7.05. The first-order valence-corrected chi connectivity index (χ1v) is 9.66. The molecular formula is C23H27N3O3. The summed E-state index contributed by atoms with van der Waals surface area (Å²) >= 11 is 0. The molecule has 1 aromatic carbocycles. The third-order valence-electron chi connectivity index (χ3n) is 4.20. The average molecular weight is 393 g/mol. The molecule has 6 heteroatoms. The minimum absolute atomic E-state index is 0.0716. The van der Waals surface area contributed by atoms with E-state index in [9.17, 15) is 10.1 Å². The number of amides is 1. The Bertz CT molecular complexity index is 863. The van der Waals surface area contributed by atoms with Crippen LogP contribution in [0.2, 0.25) is 0 Å². The Kier molecular flexibility index (Phi) is 8.87. The largest absolute Gasteiger partial charge is 0.487 e. The van der Waals surface area contributed by atoms with Crippen LogP contribution in [0.3, 0.4) is 0 Å². The molecule has 0 aliphatic carbocycles. The van der Waals surface area contributed by atoms with Gasteiger partial charge in [-0.1, -0.05) is 6.07 Å². The molecule has 0 unspecified atom stereocenters. The van der Waals surface area contributed by atoms with Crippen LogP contribution >= 0.6 is 0 Å². The molecular weight excluding hydrogens is 366 g/mol. The van der Waals surface area contributed by atoms with Gasteiger partial charge in [0, 0.05) is 26.0 Å². The van der Waals surface area contributed by atoms with Gasteiger partial charge in [-0.05, 0) is 74.2 Å². The molecule has 1 heterocycles. The number of ether oxygens (including phenoxy) is 2. The van der Waals surface area contributed by atoms with E-state index >= 15 is 0 Å². The molecule has 1 amide bonds. The quantitative estimate of drug-likeness (QED) is 0.378. The fraction of sp³-hybridized carbons (Fsp3) is 0.348. The zero-order chi connectivity index (χ0) is 21.1. The van der Waals surface area contributed by atoms with Gasteiger partial charge in [0.25, 0.3) is 5.91 Å². The zero-order valence-electron chi connectivity index (χ0n) is 17.2. The summed E-state index contributed by atoms with van der Waals surface area (Å²) in [6.45, 7) is 7.89. The fourth-order valence-electron chi connectivity index (χ4n) is 2.86. The van der Waals surface area contributed by atoms with Crippen LogP contribution < -0.4 is 10.1 Å². The molecule has 0 aliphatic heterocycles. The van der Waals surface area contributed by atoms with Gasteiger partial charge in [-0.25, -0.2) is 0 Å². The summed E-state index contributed by atoms with van der Waals surface area (Å²) in [5.41, 5.74) is 3.57. The fourth-order valence-corrected chi connectivity index (χ4v) is 2.86. The van der Waals surface area contributed by atoms with Crippen LogP contribution in [-0.4, -0.2) is 30.6 Å². The smallest absolute Gasteiger partial charge is 0.261 e. The van der Waals surface area contributed by atoms with Gasteiger partial charge in [0.05, 0.1) is 5.69 Å². The van der Waals surface area contributed by atoms with Crippen molar-refractivity contribution >= 4 is 12.0 Å². The van der Waals surface area contributed by atoms with Gasteiger partial charge in [0.2, 0.25) is 0 Å². The van der Waals surface area contributed by atoms with Crippen molar-refractivity contribution in [1.82, 2.24) is 10.3 Å². The van der Waals surface area contributed by atoms with E-state index in [1.54, 1.807) is 12.3 Å². The second kappa shape index (κ2) is 11.6. The standard InChI is InChI=1S/C23H27N3O3/c1-4-28-11-7-10-26-23(27)20(15-24)14-19-12-17(2)22(18(3)13-19)29-16-21-8-5-6-9-25-21/h5-6,8-9,12-14H,4,7,10-11,16H2,1-3H3,(H,26,27). The SMILES string of the molecule is CCOCCCNC(=O)C(C#N)=Cc1cc(C)c(OCc2ccccn2)c(C)c1. The van der Waals surface area contributed by atoms with E-state index in [2.05, 4.69) is 10.3 Å². The second-order valence-corrected chi connectivity index (χ2v) is 6.57. The number of nitriles is 1. The van der Waals surface area contributed by atoms with E-state index in [0.29, 0.717) is 32.8 Å². The Morgan fingerprint density at radius 2 is 2.03 bits per heavy atom. The molecule has 0 atom stereocenters. The summed E-state index contributed by atoms with van der Waals surface area (Å²) in [4.78, 5) is 16.5. The number of nitrogens with one attached hydrogen (secondary N) is 1. The van der Waals surface area contributed by atoms with Crippen LogP contribution in [0.5, 0.6) is 5.75 Å². The lowest BCUT2D eigenvalue weighted by molar-refractivity contribution is -0.117. The van der Waals surface area contributed by atoms with Crippen LogP contribution in [0, 0.1) is 25.2 Å². The number of hydrogen-bond donors (Lipinski definition) is 1. The van der Waals surface area contributed by atoms with Crippen molar-refractivity contribution in [2.24, 2.45) is 0 Å². The number of pyridine rings is 1. The number of aromatic nitrogens is 1. The minimum Gasteiger partial charge on any atom is -0.487 e. The number of carbonyl (C=O) groups is 1. The van der Waals surface area contributed by atoms with Gasteiger partial charge >= 0.3 is 0 Å². The summed E-state index contributed by atoms with van der Waals surface area (Å²) in [5.74, 6) is 0.404. The maximum Gasteiger partial charge on any atom is 0.261 e. The predicted molar refractivity (Wildman–Crippen MR) is 112 cm³/mol. The van der Waals surface area contributed by atoms with Crippen molar-refractivity contribution in [3.05, 3.63) is 64.5 Å². The normalized spacial score (nSPS) is 11.0. The molecule has 29 heavy (non-hydrogen) atoms. The maximum atomic E-state index is 12.2. The number of aryl methyl sites for hydroxylation is 2. The molecule has 1 N–H and O–H groups in total. The van der Waals surface area contributed by atoms with Crippen molar-refractivity contribution in [2.75, 3.05) is 19.8 Å². The number of hydrogen-bond acceptors (Lipinski definition) is 5. The van der Waals surface area contributed by atoms with Gasteiger partial charge in [-0.15, -0.1) is 0 Å². The Morgan fingerprint density at radius 3 is 2.66 bits per heavy atom. The molecule has 2 aromatic rings. The lowest BCUT2D eigenvalue weighted by Gasteiger charge is -2.13. The molecule has 0 aliphatic rings. The van der Waals surface area contributed by atoms with Crippen molar-refractivity contribution in [2.45, 2.75) is 33.8 Å². The second-order valence-electron chi connectivity index (χ2n) is 6.57. The first-order valence-electron chi connectivity index (χ1n) is 9.66. The summed E-state index contributed by atoms with van der Waals surface area (Å²) in [7, 11) is 0. The van der Waals surface area contributed by atoms with Crippen LogP contribution in [0.4, 0.5) is 0 Å². The summed E-state index contributed by atoms with van der Waals surface area (Å²) in [6, 6.07) is 11.5. The molecule has 0 radical (unpaired) electrons. The molecule has 0 fully saturated rings. The summed E-state index contributed by atoms with van der Waals surface area (Å²) < 4.78 is 11.2. The molecule has 0 saturated carbocycles. The van der Waals surface area contributed by atoms with Crippen molar-refractivity contribution in [1.29, 1.82) is 5.26 Å². The predicted octanol–water partition coefficient (Wildman–Crippen LogP) is 3.73. The molecule has 2 rings (SSSR count). The minimum atomic E-state index is -0.380. The molecule has 6 nitrogen and oxygen atoms in total. The van der Waals surface area contributed by atoms with E-state index in [1.165, 1.54) is 0 Å². The molecule has 152 valence electrons. The number of nitrogens with zero attached hydrogens (tertiary/aromatic N) is 2. The highest BCUT2D eigenvalue weighted by Crippen LogP contribution is 2.26. The number of benzene rings is 1. The topological polar surface area (TPSA) is 84.2 Å². The van der Waals surface area contributed by atoms with Gasteiger partial charge in [0.15, 0.2) is 0 Å². The Balaban J connectivity index is 2.05. The van der Waals surface area contributed by atoms with Crippen LogP contribution in [-0.2, 0) is 16.1 Å². The van der Waals surface area contributed by atoms with Crippen molar-refractivity contribution in [3.8, 4) is 11.8 Å². The van der Waals surface area contributed by atoms with Gasteiger partial charge in [0.1, 0.15) is 24.0 Å². The zero-order valence-corrected chi connectivity index (χ0v) is 17.2. The van der Waals surface area contributed by atoms with Gasteiger partial charge < -0.3 is 14.8 Å². The van der Waals surface area contributed by atoms with Crippen LogP contribution in [0.25, 0.3) is 6.08 Å². The number of rotatable bonds is 10. The lowest BCUT2D eigenvalue weighted by atomic mass is 10.0. The van der Waals surface area contributed by atoms with Crippen LogP contribution in [0.1, 0.15) is 35.7 Å². The van der Waals surface area contributed by atoms with E-state index in [0.717, 1.165) is 28.1 Å². The summed E-state index contributed by atoms with van der Waals surface area (Å²) in [6.07, 6.45) is 4.04. The lowest BCUT2D eigenvalue weighted by Crippen LogP contribution is -2.26. The maximum absolute atomic E-state index is 12.2. The average Bonchev–Trinajstić information content (AvgIpc) is 2.72. The highest BCUT2D eigenvalue weighted by Gasteiger charge is 2.11. The highest BCUT2D eigenvalue weighted by molar-refractivity contribution is 6.01. The number of carbonyl (C=O) groups excluding carboxylic acids is 1. The Labute approximate surface area is 172 Å². The molecule has 0 saturated heterocycles. The Hall–Kier alpha value is -3.17. The van der Waals surface area contributed by atoms with Crippen molar-refractivity contribution in [3.63, 3.8) is 0 Å². The first kappa shape index (κ1) is 22.1. The van der Waals surface area contributed by atoms with Crippen LogP contribution in [0.15, 0.2) is 42.1 Å².